The molecule has 0 unspecified atom stereocenters. The third kappa shape index (κ3) is 4.07. The largest absolute Gasteiger partial charge is 0.184 e. The molecule has 1 nitrogen and oxygen atoms in total. The molecule has 0 amide bonds. The quantitative estimate of drug-likeness (QED) is 0.310. The fourth-order valence-electron chi connectivity index (χ4n) is 2.85. The lowest BCUT2D eigenvalue weighted by Gasteiger charge is -2.30. The summed E-state index contributed by atoms with van der Waals surface area (Å²) < 4.78 is 5.37. The van der Waals surface area contributed by atoms with Gasteiger partial charge in [0.05, 0.1) is 0 Å². The van der Waals surface area contributed by atoms with Gasteiger partial charge in [0.1, 0.15) is 0 Å². The maximum absolute atomic E-state index is 7.41. The molecule has 28 heavy (non-hydrogen) atoms. The summed E-state index contributed by atoms with van der Waals surface area (Å²) in [7, 11) is 4.83. The lowest BCUT2D eigenvalue weighted by atomic mass is 10.4. The Morgan fingerprint density at radius 1 is 0.500 bits per heavy atom. The van der Waals surface area contributed by atoms with E-state index in [4.69, 9.17) is 14.5 Å². The van der Waals surface area contributed by atoms with Gasteiger partial charge in [-0.25, -0.2) is 0 Å². The van der Waals surface area contributed by atoms with Gasteiger partial charge in [-0.2, -0.15) is 3.77 Å². The van der Waals surface area contributed by atoms with Crippen molar-refractivity contribution in [2.45, 2.75) is 19.6 Å². The zero-order valence-corrected chi connectivity index (χ0v) is 17.6. The van der Waals surface area contributed by atoms with Crippen molar-refractivity contribution >= 4 is 30.8 Å². The van der Waals surface area contributed by atoms with E-state index in [2.05, 4.69) is 72.8 Å². The maximum atomic E-state index is 7.41. The first-order valence-electron chi connectivity index (χ1n) is 8.98. The van der Waals surface area contributed by atoms with Crippen LogP contribution in [0, 0.1) is 0 Å². The molecular weight excluding hydrogens is 402 g/mol. The predicted molar refractivity (Wildman–Crippen MR) is 122 cm³/mol. The number of hydrogen-bond acceptors (Lipinski definition) is 1. The van der Waals surface area contributed by atoms with Crippen LogP contribution in [0.1, 0.15) is 0 Å². The van der Waals surface area contributed by atoms with E-state index >= 15 is 0 Å². The molecule has 140 valence electrons. The van der Waals surface area contributed by atoms with Gasteiger partial charge in [0, 0.05) is 19.6 Å². The fourth-order valence-corrected chi connectivity index (χ4v) is 8.58. The molecule has 4 heteroatoms. The fraction of sp³-hybridized carbons (Fsp3) is 0. The van der Waals surface area contributed by atoms with E-state index in [9.17, 15) is 0 Å². The number of hydrogen-bond donors (Lipinski definition) is 0. The van der Waals surface area contributed by atoms with Crippen LogP contribution in [0.15, 0.2) is 145 Å². The molecular formula is C24H20ClNS2. The molecule has 0 aliphatic carbocycles. The van der Waals surface area contributed by atoms with Crippen molar-refractivity contribution in [3.8, 4) is 0 Å². The SMILES string of the molecule is ClS(N=S(c1ccccc1)c1ccccc1)(c1ccccc1)c1ccccc1. The van der Waals surface area contributed by atoms with Crippen LogP contribution in [0.5, 0.6) is 0 Å². The molecule has 4 rings (SSSR count). The number of halogens is 1. The first kappa shape index (κ1) is 19.0. The van der Waals surface area contributed by atoms with E-state index in [-0.39, 0.29) is 0 Å². The molecule has 4 aromatic carbocycles. The van der Waals surface area contributed by atoms with E-state index in [0.29, 0.717) is 0 Å². The molecule has 0 atom stereocenters. The topological polar surface area (TPSA) is 12.4 Å². The number of benzene rings is 4. The van der Waals surface area contributed by atoms with Crippen molar-refractivity contribution in [2.75, 3.05) is 0 Å². The standard InChI is InChI=1S/C24H20ClNS2/c25-28(23-17-9-3-10-18-23,24-19-11-4-12-20-24)26-27(21-13-5-1-6-14-21)22-15-7-2-8-16-22/h1-20H. The second kappa shape index (κ2) is 8.78. The molecule has 0 aliphatic rings. The lowest BCUT2D eigenvalue weighted by molar-refractivity contribution is 1.35. The Morgan fingerprint density at radius 2 is 0.821 bits per heavy atom. The molecule has 4 aromatic rings. The highest BCUT2D eigenvalue weighted by Gasteiger charge is 2.27. The maximum Gasteiger partial charge on any atom is 0.0279 e. The average molecular weight is 422 g/mol. The van der Waals surface area contributed by atoms with E-state index < -0.39 is 20.1 Å². The number of nitrogens with zero attached hydrogens (tertiary/aromatic N) is 1. The van der Waals surface area contributed by atoms with Gasteiger partial charge in [0.2, 0.25) is 0 Å². The van der Waals surface area contributed by atoms with Crippen molar-refractivity contribution in [1.82, 2.24) is 0 Å². The van der Waals surface area contributed by atoms with Crippen LogP contribution in [-0.4, -0.2) is 0 Å². The first-order valence-corrected chi connectivity index (χ1v) is 12.6. The van der Waals surface area contributed by atoms with Crippen LogP contribution >= 0.6 is 20.1 Å². The minimum absolute atomic E-state index is 0.492. The Balaban J connectivity index is 1.97. The van der Waals surface area contributed by atoms with E-state index in [1.54, 1.807) is 0 Å². The summed E-state index contributed by atoms with van der Waals surface area (Å²) in [5.74, 6) is 0. The summed E-state index contributed by atoms with van der Waals surface area (Å²) in [6, 6.07) is 41.3. The second-order valence-corrected chi connectivity index (χ2v) is 11.5. The Morgan fingerprint density at radius 3 is 1.18 bits per heavy atom. The van der Waals surface area contributed by atoms with Crippen LogP contribution < -0.4 is 0 Å². The Bertz CT molecular complexity index is 972. The van der Waals surface area contributed by atoms with Crippen LogP contribution in [0.3, 0.4) is 0 Å². The molecule has 0 aliphatic heterocycles. The summed E-state index contributed by atoms with van der Waals surface area (Å²) >= 11 is 0. The van der Waals surface area contributed by atoms with Crippen molar-refractivity contribution in [2.24, 2.45) is 3.77 Å². The third-order valence-electron chi connectivity index (χ3n) is 4.22. The van der Waals surface area contributed by atoms with Gasteiger partial charge in [-0.1, -0.05) is 72.8 Å². The van der Waals surface area contributed by atoms with Crippen LogP contribution in [0.2, 0.25) is 0 Å². The molecule has 0 aromatic heterocycles. The minimum atomic E-state index is -2.08. The van der Waals surface area contributed by atoms with Crippen molar-refractivity contribution < 1.29 is 0 Å². The molecule has 0 radical (unpaired) electrons. The second-order valence-electron chi connectivity index (χ2n) is 6.12. The number of rotatable bonds is 5. The molecule has 0 saturated heterocycles. The van der Waals surface area contributed by atoms with Gasteiger partial charge in [0.25, 0.3) is 0 Å². The van der Waals surface area contributed by atoms with Crippen molar-refractivity contribution in [1.29, 1.82) is 0 Å². The summed E-state index contributed by atoms with van der Waals surface area (Å²) in [6.45, 7) is 0. The van der Waals surface area contributed by atoms with Crippen LogP contribution in [0.4, 0.5) is 0 Å². The van der Waals surface area contributed by atoms with Gasteiger partial charge in [-0.3, -0.25) is 0 Å². The zero-order valence-electron chi connectivity index (χ0n) is 15.2. The molecule has 0 fully saturated rings. The highest BCUT2D eigenvalue weighted by atomic mass is 35.7. The first-order chi connectivity index (χ1) is 13.8. The summed E-state index contributed by atoms with van der Waals surface area (Å²) in [5.41, 5.74) is 0. The van der Waals surface area contributed by atoms with Crippen LogP contribution in [-0.2, 0) is 10.7 Å². The van der Waals surface area contributed by atoms with Crippen molar-refractivity contribution in [3.05, 3.63) is 121 Å². The monoisotopic (exact) mass is 421 g/mol. The predicted octanol–water partition coefficient (Wildman–Crippen LogP) is 7.90. The normalized spacial score (nSPS) is 11.9. The lowest BCUT2D eigenvalue weighted by Crippen LogP contribution is -1.98. The van der Waals surface area contributed by atoms with Gasteiger partial charge in [-0.15, -0.1) is 0 Å². The van der Waals surface area contributed by atoms with E-state index in [1.807, 2.05) is 48.5 Å². The van der Waals surface area contributed by atoms with E-state index in [1.165, 1.54) is 0 Å². The third-order valence-corrected chi connectivity index (χ3v) is 10.4. The average Bonchev–Trinajstić information content (AvgIpc) is 2.80. The Kier molecular flexibility index (Phi) is 5.96. The minimum Gasteiger partial charge on any atom is -0.184 e. The Hall–Kier alpha value is -2.33. The van der Waals surface area contributed by atoms with Gasteiger partial charge in [0.15, 0.2) is 0 Å². The molecule has 0 saturated carbocycles. The highest BCUT2D eigenvalue weighted by molar-refractivity contribution is 8.51. The smallest absolute Gasteiger partial charge is 0.0279 e. The van der Waals surface area contributed by atoms with Gasteiger partial charge < -0.3 is 0 Å². The Labute approximate surface area is 175 Å². The zero-order chi connectivity index (χ0) is 19.2. The summed E-state index contributed by atoms with van der Waals surface area (Å²) in [5, 5.41) is 0. The van der Waals surface area contributed by atoms with E-state index in [0.717, 1.165) is 19.6 Å². The molecule has 0 spiro atoms. The summed E-state index contributed by atoms with van der Waals surface area (Å²) in [4.78, 5) is 4.43. The molecule has 0 bridgehead atoms. The van der Waals surface area contributed by atoms with Gasteiger partial charge in [-0.05, 0) is 79.3 Å². The molecule has 0 N–H and O–H groups in total. The van der Waals surface area contributed by atoms with Crippen molar-refractivity contribution in [3.63, 3.8) is 0 Å². The summed E-state index contributed by atoms with van der Waals surface area (Å²) in [6.07, 6.45) is 0. The highest BCUT2D eigenvalue weighted by Crippen LogP contribution is 2.68. The van der Waals surface area contributed by atoms with Gasteiger partial charge >= 0.3 is 0 Å². The molecule has 0 heterocycles. The van der Waals surface area contributed by atoms with Crippen LogP contribution in [0.25, 0.3) is 0 Å².